The molecule has 1 fully saturated rings. The number of hydrogen-bond donors (Lipinski definition) is 0. The second-order valence-electron chi connectivity index (χ2n) is 4.84. The first-order chi connectivity index (χ1) is 10.1. The van der Waals surface area contributed by atoms with Crippen LogP contribution in [0.2, 0.25) is 10.0 Å². The average Bonchev–Trinajstić information content (AvgIpc) is 2.75. The van der Waals surface area contributed by atoms with Crippen molar-refractivity contribution in [3.8, 4) is 0 Å². The van der Waals surface area contributed by atoms with Crippen molar-refractivity contribution in [1.29, 1.82) is 0 Å². The van der Waals surface area contributed by atoms with Gasteiger partial charge in [-0.3, -0.25) is 9.69 Å². The predicted octanol–water partition coefficient (Wildman–Crippen LogP) is 5.16. The number of anilines is 1. The minimum atomic E-state index is -0.125. The maximum absolute atomic E-state index is 12.5. The molecule has 0 radical (unpaired) electrons. The predicted molar refractivity (Wildman–Crippen MR) is 90.2 cm³/mol. The molecule has 1 saturated heterocycles. The van der Waals surface area contributed by atoms with E-state index >= 15 is 0 Å². The van der Waals surface area contributed by atoms with E-state index in [0.717, 1.165) is 11.3 Å². The van der Waals surface area contributed by atoms with Crippen LogP contribution in [0.5, 0.6) is 0 Å². The van der Waals surface area contributed by atoms with Crippen molar-refractivity contribution in [2.45, 2.75) is 17.5 Å². The Morgan fingerprint density at radius 1 is 1.10 bits per heavy atom. The summed E-state index contributed by atoms with van der Waals surface area (Å²) in [5.41, 5.74) is 1.79. The van der Waals surface area contributed by atoms with E-state index in [1.54, 1.807) is 23.9 Å². The van der Waals surface area contributed by atoms with E-state index in [2.05, 4.69) is 0 Å². The molecule has 1 aliphatic rings. The van der Waals surface area contributed by atoms with Crippen molar-refractivity contribution < 1.29 is 4.79 Å². The highest BCUT2D eigenvalue weighted by Gasteiger charge is 2.40. The molecule has 2 aromatic rings. The minimum Gasteiger partial charge on any atom is -0.295 e. The standard InChI is InChI=1S/C16H13Cl2NOS/c1-10-15(20)19(12-5-3-2-4-6-12)16(21-10)13-8-7-11(17)9-14(13)18/h2-10,16H,1H3. The number of carbonyl (C=O) groups is 1. The van der Waals surface area contributed by atoms with Crippen LogP contribution < -0.4 is 4.90 Å². The lowest BCUT2D eigenvalue weighted by atomic mass is 10.1. The van der Waals surface area contributed by atoms with E-state index in [1.165, 1.54) is 0 Å². The Balaban J connectivity index is 2.05. The number of thioether (sulfide) groups is 1. The van der Waals surface area contributed by atoms with Gasteiger partial charge in [0, 0.05) is 21.3 Å². The van der Waals surface area contributed by atoms with Gasteiger partial charge in [-0.25, -0.2) is 0 Å². The van der Waals surface area contributed by atoms with Gasteiger partial charge in [-0.2, -0.15) is 0 Å². The van der Waals surface area contributed by atoms with Crippen molar-refractivity contribution in [2.75, 3.05) is 4.90 Å². The average molecular weight is 338 g/mol. The van der Waals surface area contributed by atoms with Gasteiger partial charge < -0.3 is 0 Å². The van der Waals surface area contributed by atoms with Gasteiger partial charge in [-0.1, -0.05) is 47.5 Å². The first-order valence-corrected chi connectivity index (χ1v) is 8.26. The Morgan fingerprint density at radius 3 is 2.48 bits per heavy atom. The zero-order valence-corrected chi connectivity index (χ0v) is 13.6. The Morgan fingerprint density at radius 2 is 1.81 bits per heavy atom. The van der Waals surface area contributed by atoms with E-state index in [4.69, 9.17) is 23.2 Å². The largest absolute Gasteiger partial charge is 0.295 e. The van der Waals surface area contributed by atoms with Gasteiger partial charge >= 0.3 is 0 Å². The van der Waals surface area contributed by atoms with Crippen LogP contribution in [-0.2, 0) is 4.79 Å². The molecule has 0 bridgehead atoms. The van der Waals surface area contributed by atoms with Gasteiger partial charge in [-0.15, -0.1) is 11.8 Å². The van der Waals surface area contributed by atoms with Gasteiger partial charge in [0.05, 0.1) is 5.25 Å². The highest BCUT2D eigenvalue weighted by molar-refractivity contribution is 8.01. The van der Waals surface area contributed by atoms with Gasteiger partial charge in [0.2, 0.25) is 5.91 Å². The molecule has 1 heterocycles. The molecule has 0 N–H and O–H groups in total. The second-order valence-corrected chi connectivity index (χ2v) is 7.11. The highest BCUT2D eigenvalue weighted by Crippen LogP contribution is 2.47. The van der Waals surface area contributed by atoms with Crippen LogP contribution in [0.3, 0.4) is 0 Å². The second kappa shape index (κ2) is 5.91. The quantitative estimate of drug-likeness (QED) is 0.754. The first kappa shape index (κ1) is 14.8. The smallest absolute Gasteiger partial charge is 0.241 e. The Kier molecular flexibility index (Phi) is 4.16. The molecule has 2 aromatic carbocycles. The van der Waals surface area contributed by atoms with E-state index in [0.29, 0.717) is 10.0 Å². The molecule has 1 aliphatic heterocycles. The lowest BCUT2D eigenvalue weighted by Crippen LogP contribution is -2.30. The van der Waals surface area contributed by atoms with Crippen LogP contribution in [0.1, 0.15) is 17.9 Å². The number of benzene rings is 2. The fourth-order valence-corrected chi connectivity index (χ4v) is 4.28. The third-order valence-corrected chi connectivity index (χ3v) is 5.31. The summed E-state index contributed by atoms with van der Waals surface area (Å²) in [7, 11) is 0. The third kappa shape index (κ3) is 2.78. The maximum atomic E-state index is 12.5. The third-order valence-electron chi connectivity index (χ3n) is 3.42. The molecule has 21 heavy (non-hydrogen) atoms. The molecular formula is C16H13Cl2NOS. The van der Waals surface area contributed by atoms with Gasteiger partial charge in [-0.05, 0) is 31.2 Å². The van der Waals surface area contributed by atoms with Crippen molar-refractivity contribution >= 4 is 46.6 Å². The van der Waals surface area contributed by atoms with Crippen LogP contribution in [0.15, 0.2) is 48.5 Å². The van der Waals surface area contributed by atoms with Crippen molar-refractivity contribution in [3.63, 3.8) is 0 Å². The Bertz CT molecular complexity index is 677. The zero-order valence-electron chi connectivity index (χ0n) is 11.3. The van der Waals surface area contributed by atoms with Crippen LogP contribution in [0.25, 0.3) is 0 Å². The van der Waals surface area contributed by atoms with Crippen LogP contribution in [0.4, 0.5) is 5.69 Å². The molecule has 3 rings (SSSR count). The molecular weight excluding hydrogens is 325 g/mol. The molecule has 5 heteroatoms. The summed E-state index contributed by atoms with van der Waals surface area (Å²) in [4.78, 5) is 14.3. The molecule has 2 nitrogen and oxygen atoms in total. The van der Waals surface area contributed by atoms with Crippen LogP contribution in [-0.4, -0.2) is 11.2 Å². The Labute approximate surface area is 138 Å². The number of rotatable bonds is 2. The number of amides is 1. The summed E-state index contributed by atoms with van der Waals surface area (Å²) >= 11 is 13.9. The summed E-state index contributed by atoms with van der Waals surface area (Å²) in [6, 6.07) is 15.1. The number of hydrogen-bond acceptors (Lipinski definition) is 2. The van der Waals surface area contributed by atoms with Crippen LogP contribution >= 0.6 is 35.0 Å². The summed E-state index contributed by atoms with van der Waals surface area (Å²) in [6.07, 6.45) is 0. The van der Waals surface area contributed by atoms with Crippen molar-refractivity contribution in [1.82, 2.24) is 0 Å². The number of para-hydroxylation sites is 1. The minimum absolute atomic E-state index is 0.0954. The molecule has 0 aromatic heterocycles. The van der Waals surface area contributed by atoms with Crippen molar-refractivity contribution in [3.05, 3.63) is 64.1 Å². The number of carbonyl (C=O) groups excluding carboxylic acids is 1. The monoisotopic (exact) mass is 337 g/mol. The highest BCUT2D eigenvalue weighted by atomic mass is 35.5. The SMILES string of the molecule is CC1SC(c2ccc(Cl)cc2Cl)N(c2ccccc2)C1=O. The fourth-order valence-electron chi connectivity index (χ4n) is 2.39. The van der Waals surface area contributed by atoms with E-state index in [-0.39, 0.29) is 16.5 Å². The summed E-state index contributed by atoms with van der Waals surface area (Å²) in [6.45, 7) is 1.92. The first-order valence-electron chi connectivity index (χ1n) is 6.56. The van der Waals surface area contributed by atoms with E-state index in [9.17, 15) is 4.79 Å². The molecule has 108 valence electrons. The van der Waals surface area contributed by atoms with Gasteiger partial charge in [0.1, 0.15) is 5.37 Å². The lowest BCUT2D eigenvalue weighted by molar-refractivity contribution is -0.117. The molecule has 0 aliphatic carbocycles. The molecule has 0 saturated carbocycles. The molecule has 2 atom stereocenters. The summed E-state index contributed by atoms with van der Waals surface area (Å²) in [5.74, 6) is 0.0993. The summed E-state index contributed by atoms with van der Waals surface area (Å²) < 4.78 is 0. The molecule has 1 amide bonds. The topological polar surface area (TPSA) is 20.3 Å². The maximum Gasteiger partial charge on any atom is 0.241 e. The summed E-state index contributed by atoms with van der Waals surface area (Å²) in [5, 5.41) is 0.960. The van der Waals surface area contributed by atoms with Gasteiger partial charge in [0.25, 0.3) is 0 Å². The van der Waals surface area contributed by atoms with E-state index in [1.807, 2.05) is 48.2 Å². The fraction of sp³-hybridized carbons (Fsp3) is 0.188. The van der Waals surface area contributed by atoms with E-state index < -0.39 is 0 Å². The lowest BCUT2D eigenvalue weighted by Gasteiger charge is -2.25. The number of halogens is 2. The Hall–Kier alpha value is -1.16. The molecule has 2 unspecified atom stereocenters. The normalized spacial score (nSPS) is 21.9. The molecule has 0 spiro atoms. The zero-order chi connectivity index (χ0) is 15.0. The van der Waals surface area contributed by atoms with Crippen LogP contribution in [0, 0.1) is 0 Å². The van der Waals surface area contributed by atoms with Gasteiger partial charge in [0.15, 0.2) is 0 Å². The van der Waals surface area contributed by atoms with Crippen molar-refractivity contribution in [2.24, 2.45) is 0 Å². The number of nitrogens with zero attached hydrogens (tertiary/aromatic N) is 1.